The Kier molecular flexibility index (Phi) is 7.66. The summed E-state index contributed by atoms with van der Waals surface area (Å²) in [6.07, 6.45) is 1.43. The van der Waals surface area contributed by atoms with Gasteiger partial charge in [-0.15, -0.1) is 0 Å². The van der Waals surface area contributed by atoms with E-state index in [2.05, 4.69) is 4.90 Å². The predicted molar refractivity (Wildman–Crippen MR) is 135 cm³/mol. The molecule has 1 aliphatic heterocycles. The van der Waals surface area contributed by atoms with Crippen molar-refractivity contribution < 1.29 is 17.9 Å². The van der Waals surface area contributed by atoms with E-state index in [1.54, 1.807) is 42.8 Å². The van der Waals surface area contributed by atoms with Crippen LogP contribution in [0.5, 0.6) is 11.5 Å². The molecule has 34 heavy (non-hydrogen) atoms. The van der Waals surface area contributed by atoms with Gasteiger partial charge in [0.05, 0.1) is 24.8 Å². The van der Waals surface area contributed by atoms with Gasteiger partial charge in [0.25, 0.3) is 10.0 Å². The molecule has 4 rings (SSSR count). The molecular weight excluding hydrogens is 472 g/mol. The third-order valence-electron chi connectivity index (χ3n) is 6.15. The Labute approximate surface area is 206 Å². The number of ether oxygens (including phenoxy) is 2. The standard InChI is InChI=1S/C26H29ClN2O4S/c1-32-25-10-6-7-20(26(25)33-2)19-28-17-15-23(16-18-28)29(22-8-4-3-5-9-22)34(30,31)24-13-11-21(27)12-14-24/h3-14,23H,15-19H2,1-2H3. The average Bonchev–Trinajstić information content (AvgIpc) is 2.86. The van der Waals surface area contributed by atoms with Crippen LogP contribution in [-0.4, -0.2) is 46.7 Å². The van der Waals surface area contributed by atoms with Crippen LogP contribution < -0.4 is 13.8 Å². The zero-order valence-corrected chi connectivity index (χ0v) is 20.9. The third-order valence-corrected chi connectivity index (χ3v) is 8.30. The van der Waals surface area contributed by atoms with Crippen LogP contribution in [0.1, 0.15) is 18.4 Å². The lowest BCUT2D eigenvalue weighted by Crippen LogP contribution is -2.47. The first kappa shape index (κ1) is 24.4. The average molecular weight is 501 g/mol. The molecule has 0 amide bonds. The molecule has 1 saturated heterocycles. The molecule has 1 heterocycles. The summed E-state index contributed by atoms with van der Waals surface area (Å²) in [5.74, 6) is 1.45. The van der Waals surface area contributed by atoms with Crippen LogP contribution in [0.15, 0.2) is 77.7 Å². The molecule has 8 heteroatoms. The van der Waals surface area contributed by atoms with E-state index in [1.165, 1.54) is 0 Å². The summed E-state index contributed by atoms with van der Waals surface area (Å²) in [7, 11) is -0.470. The Hall–Kier alpha value is -2.74. The molecule has 0 bridgehead atoms. The van der Waals surface area contributed by atoms with Crippen molar-refractivity contribution in [3.8, 4) is 11.5 Å². The van der Waals surface area contributed by atoms with E-state index in [0.717, 1.165) is 24.4 Å². The topological polar surface area (TPSA) is 59.1 Å². The van der Waals surface area contributed by atoms with Crippen LogP contribution in [0.3, 0.4) is 0 Å². The molecule has 1 fully saturated rings. The largest absolute Gasteiger partial charge is 0.493 e. The van der Waals surface area contributed by atoms with Crippen LogP contribution in [0.2, 0.25) is 5.02 Å². The maximum Gasteiger partial charge on any atom is 0.264 e. The van der Waals surface area contributed by atoms with E-state index in [-0.39, 0.29) is 10.9 Å². The van der Waals surface area contributed by atoms with Crippen molar-refractivity contribution in [1.29, 1.82) is 0 Å². The Bertz CT molecular complexity index is 1200. The Morgan fingerprint density at radius 2 is 1.59 bits per heavy atom. The monoisotopic (exact) mass is 500 g/mol. The summed E-state index contributed by atoms with van der Waals surface area (Å²) in [6.45, 7) is 2.25. The highest BCUT2D eigenvalue weighted by Crippen LogP contribution is 2.34. The highest BCUT2D eigenvalue weighted by atomic mass is 35.5. The van der Waals surface area contributed by atoms with Crippen LogP contribution in [0.4, 0.5) is 5.69 Å². The maximum atomic E-state index is 13.7. The highest BCUT2D eigenvalue weighted by molar-refractivity contribution is 7.92. The fraction of sp³-hybridized carbons (Fsp3) is 0.308. The smallest absolute Gasteiger partial charge is 0.264 e. The second-order valence-corrected chi connectivity index (χ2v) is 10.5. The number of piperidine rings is 1. The SMILES string of the molecule is COc1cccc(CN2CCC(N(c3ccccc3)S(=O)(=O)c3ccc(Cl)cc3)CC2)c1OC. The van der Waals surface area contributed by atoms with Crippen LogP contribution in [0.25, 0.3) is 0 Å². The number of para-hydroxylation sites is 2. The van der Waals surface area contributed by atoms with Gasteiger partial charge in [0, 0.05) is 36.3 Å². The molecule has 0 atom stereocenters. The highest BCUT2D eigenvalue weighted by Gasteiger charge is 2.34. The molecule has 6 nitrogen and oxygen atoms in total. The number of hydrogen-bond donors (Lipinski definition) is 0. The van der Waals surface area contributed by atoms with Crippen molar-refractivity contribution in [2.24, 2.45) is 0 Å². The Morgan fingerprint density at radius 3 is 2.21 bits per heavy atom. The zero-order chi connectivity index (χ0) is 24.1. The normalized spacial score (nSPS) is 15.1. The van der Waals surface area contributed by atoms with E-state index in [1.807, 2.05) is 48.5 Å². The number of rotatable bonds is 8. The summed E-state index contributed by atoms with van der Waals surface area (Å²) in [6, 6.07) is 21.4. The van der Waals surface area contributed by atoms with Crippen molar-refractivity contribution in [3.05, 3.63) is 83.4 Å². The van der Waals surface area contributed by atoms with Crippen molar-refractivity contribution in [3.63, 3.8) is 0 Å². The van der Waals surface area contributed by atoms with E-state index >= 15 is 0 Å². The molecule has 0 radical (unpaired) electrons. The van der Waals surface area contributed by atoms with Gasteiger partial charge in [0.2, 0.25) is 0 Å². The minimum Gasteiger partial charge on any atom is -0.493 e. The number of methoxy groups -OCH3 is 2. The summed E-state index contributed by atoms with van der Waals surface area (Å²) >= 11 is 6.00. The van der Waals surface area contributed by atoms with E-state index < -0.39 is 10.0 Å². The summed E-state index contributed by atoms with van der Waals surface area (Å²) in [5, 5.41) is 0.506. The lowest BCUT2D eigenvalue weighted by molar-refractivity contribution is 0.203. The molecule has 1 aliphatic rings. The third kappa shape index (κ3) is 5.17. The molecule has 0 N–H and O–H groups in total. The van der Waals surface area contributed by atoms with Crippen LogP contribution in [0, 0.1) is 0 Å². The number of halogens is 1. The quantitative estimate of drug-likeness (QED) is 0.424. The second-order valence-electron chi connectivity index (χ2n) is 8.25. The molecule has 0 spiro atoms. The van der Waals surface area contributed by atoms with Gasteiger partial charge in [0.1, 0.15) is 0 Å². The van der Waals surface area contributed by atoms with Gasteiger partial charge in [-0.3, -0.25) is 9.21 Å². The fourth-order valence-electron chi connectivity index (χ4n) is 4.47. The van der Waals surface area contributed by atoms with Gasteiger partial charge in [-0.25, -0.2) is 8.42 Å². The number of benzene rings is 3. The molecule has 3 aromatic carbocycles. The lowest BCUT2D eigenvalue weighted by Gasteiger charge is -2.39. The fourth-order valence-corrected chi connectivity index (χ4v) is 6.31. The van der Waals surface area contributed by atoms with Gasteiger partial charge >= 0.3 is 0 Å². The number of sulfonamides is 1. The number of likely N-dealkylation sites (tertiary alicyclic amines) is 1. The Morgan fingerprint density at radius 1 is 0.912 bits per heavy atom. The molecular formula is C26H29ClN2O4S. The van der Waals surface area contributed by atoms with Crippen molar-refractivity contribution in [2.45, 2.75) is 30.3 Å². The number of nitrogens with zero attached hydrogens (tertiary/aromatic N) is 2. The van der Waals surface area contributed by atoms with E-state index in [9.17, 15) is 8.42 Å². The van der Waals surface area contributed by atoms with Crippen molar-refractivity contribution in [1.82, 2.24) is 4.90 Å². The first-order chi connectivity index (χ1) is 16.4. The first-order valence-corrected chi connectivity index (χ1v) is 13.0. The van der Waals surface area contributed by atoms with Gasteiger partial charge in [0.15, 0.2) is 11.5 Å². The Balaban J connectivity index is 1.55. The second kappa shape index (κ2) is 10.7. The van der Waals surface area contributed by atoms with Crippen molar-refractivity contribution in [2.75, 3.05) is 31.6 Å². The van der Waals surface area contributed by atoms with E-state index in [0.29, 0.717) is 35.8 Å². The molecule has 0 saturated carbocycles. The van der Waals surface area contributed by atoms with Gasteiger partial charge in [-0.05, 0) is 55.3 Å². The predicted octanol–water partition coefficient (Wildman–Crippen LogP) is 5.22. The maximum absolute atomic E-state index is 13.7. The first-order valence-electron chi connectivity index (χ1n) is 11.2. The minimum absolute atomic E-state index is 0.147. The summed E-state index contributed by atoms with van der Waals surface area (Å²) < 4.78 is 40.0. The number of hydrogen-bond acceptors (Lipinski definition) is 5. The van der Waals surface area contributed by atoms with Gasteiger partial charge in [-0.2, -0.15) is 0 Å². The van der Waals surface area contributed by atoms with Crippen molar-refractivity contribution >= 4 is 27.3 Å². The zero-order valence-electron chi connectivity index (χ0n) is 19.4. The summed E-state index contributed by atoms with van der Waals surface area (Å²) in [5.41, 5.74) is 1.72. The molecule has 3 aromatic rings. The van der Waals surface area contributed by atoms with Crippen LogP contribution >= 0.6 is 11.6 Å². The van der Waals surface area contributed by atoms with Crippen LogP contribution in [-0.2, 0) is 16.6 Å². The molecule has 180 valence electrons. The number of anilines is 1. The van der Waals surface area contributed by atoms with Gasteiger partial charge < -0.3 is 9.47 Å². The molecule has 0 aliphatic carbocycles. The minimum atomic E-state index is -3.75. The summed E-state index contributed by atoms with van der Waals surface area (Å²) in [4.78, 5) is 2.57. The molecule has 0 unspecified atom stereocenters. The van der Waals surface area contributed by atoms with Gasteiger partial charge in [-0.1, -0.05) is 41.9 Å². The van der Waals surface area contributed by atoms with E-state index in [4.69, 9.17) is 21.1 Å². The lowest BCUT2D eigenvalue weighted by atomic mass is 10.0. The molecule has 0 aromatic heterocycles.